The lowest BCUT2D eigenvalue weighted by Gasteiger charge is -2.09. The maximum atomic E-state index is 5.93. The molecule has 1 aromatic rings. The van der Waals surface area contributed by atoms with E-state index in [-0.39, 0.29) is 6.04 Å². The van der Waals surface area contributed by atoms with Crippen molar-refractivity contribution in [3.05, 3.63) is 23.8 Å². The van der Waals surface area contributed by atoms with E-state index in [1.165, 1.54) is 6.42 Å². The molecule has 0 spiro atoms. The number of rotatable bonds is 4. The summed E-state index contributed by atoms with van der Waals surface area (Å²) in [7, 11) is 0. The predicted octanol–water partition coefficient (Wildman–Crippen LogP) is 1.98. The Balaban J connectivity index is 2.55. The van der Waals surface area contributed by atoms with Gasteiger partial charge in [0, 0.05) is 12.2 Å². The van der Waals surface area contributed by atoms with Gasteiger partial charge in [0.1, 0.15) is 0 Å². The molecule has 1 heterocycles. The fraction of sp³-hybridized carbons (Fsp3) is 0.600. The van der Waals surface area contributed by atoms with E-state index in [1.54, 1.807) is 12.4 Å². The van der Waals surface area contributed by atoms with Crippen LogP contribution in [0.5, 0.6) is 0 Å². The summed E-state index contributed by atoms with van der Waals surface area (Å²) in [6.45, 7) is 4.09. The van der Waals surface area contributed by atoms with Crippen molar-refractivity contribution in [2.75, 3.05) is 0 Å². The number of nitrogens with two attached hydrogens (primary N) is 1. The molecule has 3 nitrogen and oxygen atoms in total. The second-order valence-corrected chi connectivity index (χ2v) is 3.33. The average molecular weight is 179 g/mol. The van der Waals surface area contributed by atoms with Gasteiger partial charge in [-0.15, -0.1) is 0 Å². The fourth-order valence-electron chi connectivity index (χ4n) is 1.17. The van der Waals surface area contributed by atoms with Crippen LogP contribution in [0.2, 0.25) is 0 Å². The van der Waals surface area contributed by atoms with Gasteiger partial charge in [0.15, 0.2) is 0 Å². The van der Waals surface area contributed by atoms with Crippen molar-refractivity contribution < 1.29 is 0 Å². The molecule has 1 unspecified atom stereocenters. The summed E-state index contributed by atoms with van der Waals surface area (Å²) >= 11 is 0. The van der Waals surface area contributed by atoms with Crippen LogP contribution in [0.4, 0.5) is 0 Å². The smallest absolute Gasteiger partial charge is 0.0754 e. The molecule has 0 bridgehead atoms. The first-order chi connectivity index (χ1) is 6.24. The normalized spacial score (nSPS) is 12.8. The molecule has 1 rings (SSSR count). The summed E-state index contributed by atoms with van der Waals surface area (Å²) in [5.41, 5.74) is 7.77. The Morgan fingerprint density at radius 3 is 2.69 bits per heavy atom. The highest BCUT2D eigenvalue weighted by Crippen LogP contribution is 2.13. The Morgan fingerprint density at radius 2 is 2.15 bits per heavy atom. The first kappa shape index (κ1) is 10.1. The highest BCUT2D eigenvalue weighted by molar-refractivity contribution is 5.04. The van der Waals surface area contributed by atoms with Gasteiger partial charge in [0.2, 0.25) is 0 Å². The van der Waals surface area contributed by atoms with Crippen LogP contribution in [0, 0.1) is 6.92 Å². The minimum absolute atomic E-state index is 0.0491. The Hall–Kier alpha value is -0.960. The summed E-state index contributed by atoms with van der Waals surface area (Å²) in [5, 5.41) is 0. The Labute approximate surface area is 79.4 Å². The Morgan fingerprint density at radius 1 is 1.38 bits per heavy atom. The predicted molar refractivity (Wildman–Crippen MR) is 53.2 cm³/mol. The van der Waals surface area contributed by atoms with Gasteiger partial charge in [0.25, 0.3) is 0 Å². The quantitative estimate of drug-likeness (QED) is 0.768. The first-order valence-corrected chi connectivity index (χ1v) is 4.78. The van der Waals surface area contributed by atoms with Crippen LogP contribution in [0.15, 0.2) is 12.4 Å². The molecule has 3 heteroatoms. The number of hydrogen-bond donors (Lipinski definition) is 1. The van der Waals surface area contributed by atoms with E-state index in [2.05, 4.69) is 16.9 Å². The van der Waals surface area contributed by atoms with Gasteiger partial charge < -0.3 is 5.73 Å². The summed E-state index contributed by atoms with van der Waals surface area (Å²) in [5.74, 6) is 0. The topological polar surface area (TPSA) is 51.8 Å². The largest absolute Gasteiger partial charge is 0.323 e. The third-order valence-electron chi connectivity index (χ3n) is 2.05. The highest BCUT2D eigenvalue weighted by Gasteiger charge is 2.06. The molecule has 0 aliphatic carbocycles. The maximum absolute atomic E-state index is 5.93. The molecule has 2 N–H and O–H groups in total. The van der Waals surface area contributed by atoms with Gasteiger partial charge in [-0.3, -0.25) is 9.97 Å². The zero-order valence-electron chi connectivity index (χ0n) is 8.33. The molecule has 13 heavy (non-hydrogen) atoms. The lowest BCUT2D eigenvalue weighted by molar-refractivity contribution is 0.587. The van der Waals surface area contributed by atoms with Gasteiger partial charge in [-0.25, -0.2) is 0 Å². The molecule has 1 atom stereocenters. The fourth-order valence-corrected chi connectivity index (χ4v) is 1.17. The molecule has 0 amide bonds. The molecule has 0 fully saturated rings. The summed E-state index contributed by atoms with van der Waals surface area (Å²) in [6.07, 6.45) is 6.86. The van der Waals surface area contributed by atoms with E-state index in [4.69, 9.17) is 5.73 Å². The first-order valence-electron chi connectivity index (χ1n) is 4.78. The second kappa shape index (κ2) is 4.92. The van der Waals surface area contributed by atoms with E-state index >= 15 is 0 Å². The van der Waals surface area contributed by atoms with Crippen LogP contribution >= 0.6 is 0 Å². The van der Waals surface area contributed by atoms with Crippen molar-refractivity contribution in [3.8, 4) is 0 Å². The van der Waals surface area contributed by atoms with Crippen LogP contribution in [-0.4, -0.2) is 9.97 Å². The highest BCUT2D eigenvalue weighted by atomic mass is 14.8. The van der Waals surface area contributed by atoms with Gasteiger partial charge in [-0.05, 0) is 13.3 Å². The number of aryl methyl sites for hydroxylation is 1. The number of hydrogen-bond acceptors (Lipinski definition) is 3. The van der Waals surface area contributed by atoms with Crippen molar-refractivity contribution in [2.24, 2.45) is 5.73 Å². The van der Waals surface area contributed by atoms with Gasteiger partial charge >= 0.3 is 0 Å². The van der Waals surface area contributed by atoms with Crippen molar-refractivity contribution >= 4 is 0 Å². The van der Waals surface area contributed by atoms with Crippen LogP contribution in [0.3, 0.4) is 0 Å². The molecular formula is C10H17N3. The van der Waals surface area contributed by atoms with Gasteiger partial charge in [-0.1, -0.05) is 19.8 Å². The van der Waals surface area contributed by atoms with Crippen molar-refractivity contribution in [1.82, 2.24) is 9.97 Å². The van der Waals surface area contributed by atoms with Gasteiger partial charge in [0.05, 0.1) is 17.6 Å². The monoisotopic (exact) mass is 179 g/mol. The summed E-state index contributed by atoms with van der Waals surface area (Å²) in [6, 6.07) is 0.0491. The maximum Gasteiger partial charge on any atom is 0.0754 e. The summed E-state index contributed by atoms with van der Waals surface area (Å²) in [4.78, 5) is 8.41. The molecular weight excluding hydrogens is 162 g/mol. The number of aromatic nitrogens is 2. The summed E-state index contributed by atoms with van der Waals surface area (Å²) < 4.78 is 0. The van der Waals surface area contributed by atoms with Crippen molar-refractivity contribution in [3.63, 3.8) is 0 Å². The number of nitrogens with zero attached hydrogens (tertiary/aromatic N) is 2. The molecule has 0 saturated heterocycles. The zero-order valence-corrected chi connectivity index (χ0v) is 8.33. The molecule has 72 valence electrons. The van der Waals surface area contributed by atoms with Crippen molar-refractivity contribution in [1.29, 1.82) is 0 Å². The van der Waals surface area contributed by atoms with Crippen molar-refractivity contribution in [2.45, 2.75) is 39.2 Å². The van der Waals surface area contributed by atoms with Crippen LogP contribution in [-0.2, 0) is 0 Å². The molecule has 0 saturated carbocycles. The third kappa shape index (κ3) is 3.11. The minimum atomic E-state index is 0.0491. The van der Waals surface area contributed by atoms with Crippen LogP contribution in [0.25, 0.3) is 0 Å². The number of unbranched alkanes of at least 4 members (excludes halogenated alkanes) is 1. The molecule has 1 aromatic heterocycles. The van der Waals surface area contributed by atoms with E-state index in [9.17, 15) is 0 Å². The van der Waals surface area contributed by atoms with E-state index in [1.807, 2.05) is 6.92 Å². The Bertz CT molecular complexity index is 243. The molecule has 0 radical (unpaired) electrons. The third-order valence-corrected chi connectivity index (χ3v) is 2.05. The van der Waals surface area contributed by atoms with Crippen LogP contribution in [0.1, 0.15) is 43.6 Å². The average Bonchev–Trinajstić information content (AvgIpc) is 2.15. The standard InChI is InChI=1S/C10H17N3/c1-3-4-5-9(11)10-7-12-8(2)6-13-10/h6-7,9H,3-5,11H2,1-2H3. The van der Waals surface area contributed by atoms with E-state index in [0.29, 0.717) is 0 Å². The van der Waals surface area contributed by atoms with Gasteiger partial charge in [-0.2, -0.15) is 0 Å². The van der Waals surface area contributed by atoms with E-state index < -0.39 is 0 Å². The lowest BCUT2D eigenvalue weighted by atomic mass is 10.1. The molecule has 0 aromatic carbocycles. The minimum Gasteiger partial charge on any atom is -0.323 e. The molecule has 0 aliphatic rings. The zero-order chi connectivity index (χ0) is 9.68. The van der Waals surface area contributed by atoms with Crippen LogP contribution < -0.4 is 5.73 Å². The van der Waals surface area contributed by atoms with E-state index in [0.717, 1.165) is 24.2 Å². The lowest BCUT2D eigenvalue weighted by Crippen LogP contribution is -2.12. The second-order valence-electron chi connectivity index (χ2n) is 3.33. The SMILES string of the molecule is CCCCC(N)c1cnc(C)cn1. The molecule has 0 aliphatic heterocycles. The Kier molecular flexibility index (Phi) is 3.83.